The zero-order chi connectivity index (χ0) is 16.4. The molecule has 23 heavy (non-hydrogen) atoms. The summed E-state index contributed by atoms with van der Waals surface area (Å²) in [6.07, 6.45) is 11.1. The number of amides is 2. The van der Waals surface area contributed by atoms with Crippen molar-refractivity contribution in [3.05, 3.63) is 12.7 Å². The fourth-order valence-corrected chi connectivity index (χ4v) is 5.67. The molecule has 4 aliphatic rings. The Balaban J connectivity index is 1.57. The fourth-order valence-electron chi connectivity index (χ4n) is 5.67. The van der Waals surface area contributed by atoms with Gasteiger partial charge in [-0.2, -0.15) is 0 Å². The van der Waals surface area contributed by atoms with Crippen molar-refractivity contribution in [3.8, 4) is 0 Å². The quantitative estimate of drug-likeness (QED) is 0.709. The maximum Gasteiger partial charge on any atom is 0.243 e. The predicted molar refractivity (Wildman–Crippen MR) is 90.7 cm³/mol. The van der Waals surface area contributed by atoms with Gasteiger partial charge in [0.15, 0.2) is 0 Å². The van der Waals surface area contributed by atoms with E-state index in [0.717, 1.165) is 30.6 Å². The third kappa shape index (κ3) is 3.78. The lowest BCUT2D eigenvalue weighted by molar-refractivity contribution is -0.127. The fraction of sp³-hybridized carbons (Fsp3) is 0.789. The van der Waals surface area contributed by atoms with Gasteiger partial charge in [0.1, 0.15) is 0 Å². The lowest BCUT2D eigenvalue weighted by Crippen LogP contribution is -2.60. The van der Waals surface area contributed by atoms with E-state index >= 15 is 0 Å². The van der Waals surface area contributed by atoms with Crippen LogP contribution in [0.15, 0.2) is 12.7 Å². The molecule has 0 spiro atoms. The molecule has 1 unspecified atom stereocenters. The van der Waals surface area contributed by atoms with Crippen LogP contribution in [0.1, 0.15) is 64.7 Å². The van der Waals surface area contributed by atoms with Gasteiger partial charge in [-0.3, -0.25) is 9.59 Å². The minimum atomic E-state index is -0.189. The Labute approximate surface area is 139 Å². The first kappa shape index (κ1) is 16.5. The van der Waals surface area contributed by atoms with E-state index in [0.29, 0.717) is 6.42 Å². The van der Waals surface area contributed by atoms with Gasteiger partial charge in [-0.25, -0.2) is 0 Å². The number of rotatable bonds is 7. The minimum Gasteiger partial charge on any atom is -0.351 e. The lowest BCUT2D eigenvalue weighted by Gasteiger charge is -2.57. The van der Waals surface area contributed by atoms with E-state index < -0.39 is 0 Å². The van der Waals surface area contributed by atoms with Crippen LogP contribution in [0.3, 0.4) is 0 Å². The van der Waals surface area contributed by atoms with E-state index in [-0.39, 0.29) is 23.4 Å². The average molecular weight is 318 g/mol. The first-order valence-electron chi connectivity index (χ1n) is 9.26. The second-order valence-corrected chi connectivity index (χ2v) is 8.15. The van der Waals surface area contributed by atoms with Gasteiger partial charge in [0.25, 0.3) is 0 Å². The van der Waals surface area contributed by atoms with Gasteiger partial charge < -0.3 is 10.6 Å². The summed E-state index contributed by atoms with van der Waals surface area (Å²) in [5.74, 6) is 2.40. The molecule has 1 atom stereocenters. The Morgan fingerprint density at radius 2 is 1.74 bits per heavy atom. The zero-order valence-electron chi connectivity index (χ0n) is 14.3. The molecular weight excluding hydrogens is 288 g/mol. The Hall–Kier alpha value is -1.32. The third-order valence-corrected chi connectivity index (χ3v) is 6.04. The van der Waals surface area contributed by atoms with Crippen molar-refractivity contribution in [2.75, 3.05) is 0 Å². The molecule has 2 N–H and O–H groups in total. The first-order chi connectivity index (χ1) is 11.0. The molecule has 4 fully saturated rings. The molecular formula is C19H30N2O2. The first-order valence-corrected chi connectivity index (χ1v) is 9.26. The highest BCUT2D eigenvalue weighted by Crippen LogP contribution is 2.55. The highest BCUT2D eigenvalue weighted by Gasteiger charge is 2.51. The topological polar surface area (TPSA) is 58.2 Å². The summed E-state index contributed by atoms with van der Waals surface area (Å²) in [6.45, 7) is 5.56. The van der Waals surface area contributed by atoms with Gasteiger partial charge in [0.05, 0.1) is 0 Å². The Morgan fingerprint density at radius 3 is 2.22 bits per heavy atom. The van der Waals surface area contributed by atoms with Crippen LogP contribution in [-0.4, -0.2) is 23.4 Å². The van der Waals surface area contributed by atoms with E-state index in [1.54, 1.807) is 0 Å². The van der Waals surface area contributed by atoms with Gasteiger partial charge in [0, 0.05) is 18.0 Å². The molecule has 4 rings (SSSR count). The van der Waals surface area contributed by atoms with Gasteiger partial charge in [-0.05, 0) is 68.8 Å². The van der Waals surface area contributed by atoms with Crippen LogP contribution in [0.2, 0.25) is 0 Å². The normalized spacial score (nSPS) is 35.6. The van der Waals surface area contributed by atoms with Crippen molar-refractivity contribution in [1.29, 1.82) is 0 Å². The molecule has 0 saturated heterocycles. The van der Waals surface area contributed by atoms with E-state index in [4.69, 9.17) is 0 Å². The van der Waals surface area contributed by atoms with Crippen molar-refractivity contribution >= 4 is 11.8 Å². The highest BCUT2D eigenvalue weighted by atomic mass is 16.2. The summed E-state index contributed by atoms with van der Waals surface area (Å²) in [6, 6.07) is -0.0839. The Bertz CT molecular complexity index is 450. The largest absolute Gasteiger partial charge is 0.351 e. The third-order valence-electron chi connectivity index (χ3n) is 6.04. The van der Waals surface area contributed by atoms with Gasteiger partial charge in [0.2, 0.25) is 11.8 Å². The van der Waals surface area contributed by atoms with Crippen LogP contribution in [0.25, 0.3) is 0 Å². The smallest absolute Gasteiger partial charge is 0.243 e. The van der Waals surface area contributed by atoms with Crippen LogP contribution in [0.4, 0.5) is 0 Å². The van der Waals surface area contributed by atoms with Crippen molar-refractivity contribution in [3.63, 3.8) is 0 Å². The molecule has 128 valence electrons. The number of carbonyl (C=O) groups excluding carboxylic acids is 2. The van der Waals surface area contributed by atoms with Crippen molar-refractivity contribution in [2.45, 2.75) is 76.3 Å². The summed E-state index contributed by atoms with van der Waals surface area (Å²) in [7, 11) is 0. The maximum absolute atomic E-state index is 12.6. The SMILES string of the molecule is C=CC(=O)NC(CCC)CC(=O)NC12CC3CC(CC(C3)C1)C2. The molecule has 0 aliphatic heterocycles. The summed E-state index contributed by atoms with van der Waals surface area (Å²) >= 11 is 0. The molecule has 2 amide bonds. The molecule has 0 aromatic carbocycles. The second kappa shape index (κ2) is 6.66. The zero-order valence-corrected chi connectivity index (χ0v) is 14.3. The molecule has 4 aliphatic carbocycles. The molecule has 0 heterocycles. The lowest BCUT2D eigenvalue weighted by atomic mass is 9.53. The molecule has 4 saturated carbocycles. The number of nitrogens with one attached hydrogen (secondary N) is 2. The minimum absolute atomic E-state index is 0.0606. The van der Waals surface area contributed by atoms with E-state index in [1.807, 2.05) is 0 Å². The summed E-state index contributed by atoms with van der Waals surface area (Å²) in [5, 5.41) is 6.28. The Kier molecular flexibility index (Phi) is 4.79. The van der Waals surface area contributed by atoms with Crippen molar-refractivity contribution < 1.29 is 9.59 Å². The molecule has 0 aromatic rings. The molecule has 0 radical (unpaired) electrons. The van der Waals surface area contributed by atoms with Gasteiger partial charge in [-0.1, -0.05) is 19.9 Å². The number of hydrogen-bond donors (Lipinski definition) is 2. The van der Waals surface area contributed by atoms with Crippen LogP contribution in [0, 0.1) is 17.8 Å². The maximum atomic E-state index is 12.6. The monoisotopic (exact) mass is 318 g/mol. The van der Waals surface area contributed by atoms with Crippen LogP contribution >= 0.6 is 0 Å². The highest BCUT2D eigenvalue weighted by molar-refractivity contribution is 5.87. The molecule has 0 aromatic heterocycles. The average Bonchev–Trinajstić information content (AvgIpc) is 2.44. The summed E-state index contributed by atoms with van der Waals surface area (Å²) in [5.41, 5.74) is 0.0606. The Morgan fingerprint density at radius 1 is 1.17 bits per heavy atom. The standard InChI is InChI=1S/C19H30N2O2/c1-3-5-16(20-17(22)4-2)9-18(23)21-19-10-13-6-14(11-19)8-15(7-13)12-19/h4,13-16H,2-3,5-12H2,1H3,(H,20,22)(H,21,23). The molecule has 4 bridgehead atoms. The van der Waals surface area contributed by atoms with Gasteiger partial charge >= 0.3 is 0 Å². The number of carbonyl (C=O) groups is 2. The van der Waals surface area contributed by atoms with Gasteiger partial charge in [-0.15, -0.1) is 0 Å². The molecule has 4 heteroatoms. The number of hydrogen-bond acceptors (Lipinski definition) is 2. The summed E-state index contributed by atoms with van der Waals surface area (Å²) < 4.78 is 0. The second-order valence-electron chi connectivity index (χ2n) is 8.15. The van der Waals surface area contributed by atoms with Crippen LogP contribution in [-0.2, 0) is 9.59 Å². The molecule has 4 nitrogen and oxygen atoms in total. The van der Waals surface area contributed by atoms with E-state index in [2.05, 4.69) is 24.1 Å². The van der Waals surface area contributed by atoms with E-state index in [9.17, 15) is 9.59 Å². The van der Waals surface area contributed by atoms with Crippen LogP contribution < -0.4 is 10.6 Å². The van der Waals surface area contributed by atoms with Crippen LogP contribution in [0.5, 0.6) is 0 Å². The van der Waals surface area contributed by atoms with Crippen molar-refractivity contribution in [1.82, 2.24) is 10.6 Å². The van der Waals surface area contributed by atoms with Crippen molar-refractivity contribution in [2.24, 2.45) is 17.8 Å². The van der Waals surface area contributed by atoms with E-state index in [1.165, 1.54) is 44.6 Å². The summed E-state index contributed by atoms with van der Waals surface area (Å²) in [4.78, 5) is 24.1. The predicted octanol–water partition coefficient (Wildman–Crippen LogP) is 2.93.